The lowest BCUT2D eigenvalue weighted by atomic mass is 9.68. The largest absolute Gasteiger partial charge is 0.345 e. The molecule has 2 fully saturated rings. The highest BCUT2D eigenvalue weighted by atomic mass is 15.3. The minimum atomic E-state index is 0.303. The van der Waals surface area contributed by atoms with Gasteiger partial charge in [-0.25, -0.2) is 0 Å². The van der Waals surface area contributed by atoms with Crippen LogP contribution in [0.1, 0.15) is 44.9 Å². The van der Waals surface area contributed by atoms with E-state index in [2.05, 4.69) is 73.1 Å². The Kier molecular flexibility index (Phi) is 3.34. The summed E-state index contributed by atoms with van der Waals surface area (Å²) in [4.78, 5) is 12.5. The summed E-state index contributed by atoms with van der Waals surface area (Å²) in [7, 11) is 0. The molecule has 2 aromatic rings. The lowest BCUT2D eigenvalue weighted by Crippen LogP contribution is -2.49. The van der Waals surface area contributed by atoms with Crippen molar-refractivity contribution in [2.24, 2.45) is 21.7 Å². The molecule has 0 amide bonds. The van der Waals surface area contributed by atoms with E-state index in [1.54, 1.807) is 0 Å². The minimum Gasteiger partial charge on any atom is -0.345 e. The lowest BCUT2D eigenvalue weighted by molar-refractivity contribution is 0.0796. The van der Waals surface area contributed by atoms with Crippen LogP contribution in [0.4, 0.5) is 0 Å². The van der Waals surface area contributed by atoms with Crippen LogP contribution < -0.4 is 0 Å². The van der Waals surface area contributed by atoms with Gasteiger partial charge in [0.2, 0.25) is 0 Å². The van der Waals surface area contributed by atoms with Crippen LogP contribution in [0.5, 0.6) is 0 Å². The van der Waals surface area contributed by atoms with Crippen molar-refractivity contribution >= 4 is 5.84 Å². The van der Waals surface area contributed by atoms with Crippen molar-refractivity contribution in [3.05, 3.63) is 66.0 Å². The molecular weight excluding hydrogens is 318 g/mol. The van der Waals surface area contributed by atoms with Gasteiger partial charge in [0.25, 0.3) is 0 Å². The Balaban J connectivity index is 1.60. The van der Waals surface area contributed by atoms with E-state index in [-0.39, 0.29) is 0 Å². The summed E-state index contributed by atoms with van der Waals surface area (Å²) in [6.45, 7) is 8.36. The van der Waals surface area contributed by atoms with Crippen molar-refractivity contribution in [1.82, 2.24) is 9.88 Å². The van der Waals surface area contributed by atoms with Crippen molar-refractivity contribution in [3.8, 4) is 0 Å². The molecule has 5 rings (SSSR count). The summed E-state index contributed by atoms with van der Waals surface area (Å²) >= 11 is 0. The number of amidine groups is 1. The summed E-state index contributed by atoms with van der Waals surface area (Å²) in [6.07, 6.45) is 4.50. The maximum Gasteiger partial charge on any atom is 0.150 e. The molecule has 4 atom stereocenters. The lowest BCUT2D eigenvalue weighted by Gasteiger charge is -2.43. The van der Waals surface area contributed by atoms with Gasteiger partial charge in [-0.05, 0) is 47.3 Å². The van der Waals surface area contributed by atoms with Gasteiger partial charge >= 0.3 is 0 Å². The number of aliphatic imine (C=N–C) groups is 1. The van der Waals surface area contributed by atoms with E-state index in [0.29, 0.717) is 28.8 Å². The van der Waals surface area contributed by atoms with Gasteiger partial charge in [-0.2, -0.15) is 0 Å². The molecule has 26 heavy (non-hydrogen) atoms. The monoisotopic (exact) mass is 345 g/mol. The third kappa shape index (κ3) is 2.00. The molecule has 3 aliphatic rings. The Morgan fingerprint density at radius 1 is 1.04 bits per heavy atom. The normalized spacial score (nSPS) is 34.0. The third-order valence-corrected chi connectivity index (χ3v) is 7.73. The van der Waals surface area contributed by atoms with Crippen molar-refractivity contribution in [1.29, 1.82) is 0 Å². The zero-order chi connectivity index (χ0) is 17.9. The van der Waals surface area contributed by atoms with E-state index in [1.807, 2.05) is 12.3 Å². The molecule has 0 unspecified atom stereocenters. The van der Waals surface area contributed by atoms with E-state index in [9.17, 15) is 0 Å². The first-order chi connectivity index (χ1) is 12.5. The molecule has 3 heteroatoms. The molecule has 2 aliphatic carbocycles. The van der Waals surface area contributed by atoms with Gasteiger partial charge in [0, 0.05) is 12.7 Å². The number of hydrogen-bond donors (Lipinski definition) is 0. The summed E-state index contributed by atoms with van der Waals surface area (Å²) < 4.78 is 0. The molecule has 0 N–H and O–H groups in total. The molecule has 134 valence electrons. The summed E-state index contributed by atoms with van der Waals surface area (Å²) in [5.74, 6) is 1.77. The summed E-state index contributed by atoms with van der Waals surface area (Å²) in [6, 6.07) is 17.8. The summed E-state index contributed by atoms with van der Waals surface area (Å²) in [5.41, 5.74) is 3.01. The minimum absolute atomic E-state index is 0.303. The number of aromatic nitrogens is 1. The number of hydrogen-bond acceptors (Lipinski definition) is 3. The predicted molar refractivity (Wildman–Crippen MR) is 105 cm³/mol. The van der Waals surface area contributed by atoms with Crippen LogP contribution in [0, 0.1) is 16.7 Å². The third-order valence-electron chi connectivity index (χ3n) is 7.73. The van der Waals surface area contributed by atoms with Crippen molar-refractivity contribution in [2.45, 2.75) is 52.2 Å². The highest BCUT2D eigenvalue weighted by Crippen LogP contribution is 2.68. The van der Waals surface area contributed by atoms with Crippen molar-refractivity contribution < 1.29 is 0 Å². The molecular formula is C23H27N3. The van der Waals surface area contributed by atoms with E-state index in [4.69, 9.17) is 4.99 Å². The number of pyridine rings is 1. The number of benzene rings is 1. The Labute approximate surface area is 156 Å². The SMILES string of the molecule is CC1(C)[C@H]2CC[C@]1(C)[C@@H]1[C@H]2N=C(c2ccccn2)N1Cc1ccccc1. The van der Waals surface area contributed by atoms with E-state index < -0.39 is 0 Å². The highest BCUT2D eigenvalue weighted by molar-refractivity contribution is 5.99. The van der Waals surface area contributed by atoms with Crippen LogP contribution in [0.3, 0.4) is 0 Å². The van der Waals surface area contributed by atoms with Crippen LogP contribution in [-0.4, -0.2) is 27.8 Å². The first-order valence-electron chi connectivity index (χ1n) is 9.82. The number of fused-ring (bicyclic) bond motifs is 5. The topological polar surface area (TPSA) is 28.5 Å². The zero-order valence-electron chi connectivity index (χ0n) is 15.9. The zero-order valence-corrected chi connectivity index (χ0v) is 15.9. The Morgan fingerprint density at radius 3 is 2.54 bits per heavy atom. The second-order valence-corrected chi connectivity index (χ2v) is 9.00. The van der Waals surface area contributed by atoms with E-state index in [1.165, 1.54) is 18.4 Å². The van der Waals surface area contributed by atoms with Crippen LogP contribution in [0.25, 0.3) is 0 Å². The standard InChI is InChI=1S/C23H27N3/c1-22(2)17-12-13-23(22,3)20-19(17)25-21(18-11-7-8-14-24-18)26(20)15-16-9-5-4-6-10-16/h4-11,14,17,19-20H,12-13,15H2,1-3H3/t17-,19-,20-,23+/m0/s1. The molecule has 0 saturated heterocycles. The van der Waals surface area contributed by atoms with E-state index in [0.717, 1.165) is 18.1 Å². The molecule has 2 bridgehead atoms. The van der Waals surface area contributed by atoms with Crippen LogP contribution in [-0.2, 0) is 6.54 Å². The fourth-order valence-corrected chi connectivity index (χ4v) is 5.98. The van der Waals surface area contributed by atoms with Crippen LogP contribution >= 0.6 is 0 Å². The van der Waals surface area contributed by atoms with Crippen molar-refractivity contribution in [2.75, 3.05) is 0 Å². The van der Waals surface area contributed by atoms with Crippen LogP contribution in [0.15, 0.2) is 59.7 Å². The quantitative estimate of drug-likeness (QED) is 0.817. The van der Waals surface area contributed by atoms with Gasteiger partial charge in [-0.15, -0.1) is 0 Å². The summed E-state index contributed by atoms with van der Waals surface area (Å²) in [5, 5.41) is 0. The Bertz CT molecular complexity index is 842. The maximum atomic E-state index is 5.30. The van der Waals surface area contributed by atoms with Gasteiger partial charge in [-0.3, -0.25) is 9.98 Å². The molecule has 2 saturated carbocycles. The average molecular weight is 345 g/mol. The second-order valence-electron chi connectivity index (χ2n) is 9.00. The molecule has 1 aromatic carbocycles. The van der Waals surface area contributed by atoms with Crippen molar-refractivity contribution in [3.63, 3.8) is 0 Å². The number of rotatable bonds is 3. The molecule has 0 radical (unpaired) electrons. The van der Waals surface area contributed by atoms with Crippen LogP contribution in [0.2, 0.25) is 0 Å². The second kappa shape index (κ2) is 5.42. The first-order valence-corrected chi connectivity index (χ1v) is 9.82. The van der Waals surface area contributed by atoms with Gasteiger partial charge in [-0.1, -0.05) is 57.2 Å². The van der Waals surface area contributed by atoms with Gasteiger partial charge < -0.3 is 4.90 Å². The fraction of sp³-hybridized carbons (Fsp3) is 0.478. The smallest absolute Gasteiger partial charge is 0.150 e. The predicted octanol–water partition coefficient (Wildman–Crippen LogP) is 4.54. The fourth-order valence-electron chi connectivity index (χ4n) is 5.98. The van der Waals surface area contributed by atoms with Gasteiger partial charge in [0.1, 0.15) is 5.69 Å². The maximum absolute atomic E-state index is 5.30. The van der Waals surface area contributed by atoms with Gasteiger partial charge in [0.15, 0.2) is 5.84 Å². The molecule has 1 aliphatic heterocycles. The van der Waals surface area contributed by atoms with E-state index >= 15 is 0 Å². The molecule has 1 aromatic heterocycles. The van der Waals surface area contributed by atoms with Gasteiger partial charge in [0.05, 0.1) is 12.1 Å². The average Bonchev–Trinajstić information content (AvgIpc) is 3.19. The molecule has 3 nitrogen and oxygen atoms in total. The number of nitrogens with zero attached hydrogens (tertiary/aromatic N) is 3. The Hall–Kier alpha value is -2.16. The molecule has 0 spiro atoms. The highest BCUT2D eigenvalue weighted by Gasteiger charge is 2.69. The Morgan fingerprint density at radius 2 is 1.81 bits per heavy atom. The molecule has 2 heterocycles. The first kappa shape index (κ1) is 16.0.